The first-order valence-corrected chi connectivity index (χ1v) is 4.39. The Hall–Kier alpha value is -1.28. The molecule has 0 aliphatic heterocycles. The second-order valence-corrected chi connectivity index (χ2v) is 3.00. The van der Waals surface area contributed by atoms with Crippen LogP contribution in [-0.4, -0.2) is 5.11 Å². The van der Waals surface area contributed by atoms with E-state index in [1.54, 1.807) is 18.2 Å². The molecule has 0 radical (unpaired) electrons. The topological polar surface area (TPSA) is 46.2 Å². The molecule has 1 atom stereocenters. The van der Waals surface area contributed by atoms with Crippen molar-refractivity contribution in [3.05, 3.63) is 42.0 Å². The van der Waals surface area contributed by atoms with Crippen LogP contribution in [0.4, 0.5) is 0 Å². The van der Waals surface area contributed by atoms with Crippen molar-refractivity contribution in [1.82, 2.24) is 0 Å². The molecule has 13 heavy (non-hydrogen) atoms. The van der Waals surface area contributed by atoms with Crippen LogP contribution in [0.2, 0.25) is 0 Å². The Balaban J connectivity index is 3.12. The van der Waals surface area contributed by atoms with E-state index in [1.165, 1.54) is 0 Å². The van der Waals surface area contributed by atoms with Gasteiger partial charge in [0.05, 0.1) is 0 Å². The molecule has 0 aliphatic rings. The van der Waals surface area contributed by atoms with Gasteiger partial charge < -0.3 is 10.8 Å². The standard InChI is InChI=1S/C11H15NO/c1-3-8-7-9(13)5-6-10(8)11(12)4-2/h4-7,11,13H,2-3,12H2,1H3/t11-/m1/s1. The number of phenolic OH excluding ortho intramolecular Hbond substituents is 1. The summed E-state index contributed by atoms with van der Waals surface area (Å²) in [5.41, 5.74) is 7.93. The third-order valence-electron chi connectivity index (χ3n) is 2.12. The largest absolute Gasteiger partial charge is 0.508 e. The lowest BCUT2D eigenvalue weighted by Gasteiger charge is -2.12. The molecule has 2 nitrogen and oxygen atoms in total. The zero-order valence-electron chi connectivity index (χ0n) is 7.83. The molecule has 3 N–H and O–H groups in total. The van der Waals surface area contributed by atoms with Gasteiger partial charge in [0, 0.05) is 6.04 Å². The molecule has 0 aromatic heterocycles. The van der Waals surface area contributed by atoms with Gasteiger partial charge >= 0.3 is 0 Å². The number of nitrogens with two attached hydrogens (primary N) is 1. The third kappa shape index (κ3) is 2.10. The van der Waals surface area contributed by atoms with E-state index in [2.05, 4.69) is 6.58 Å². The summed E-state index contributed by atoms with van der Waals surface area (Å²) in [5.74, 6) is 0.289. The van der Waals surface area contributed by atoms with E-state index >= 15 is 0 Å². The fourth-order valence-corrected chi connectivity index (χ4v) is 1.35. The molecule has 1 aromatic rings. The molecule has 0 amide bonds. The van der Waals surface area contributed by atoms with E-state index in [0.29, 0.717) is 0 Å². The summed E-state index contributed by atoms with van der Waals surface area (Å²) in [7, 11) is 0. The van der Waals surface area contributed by atoms with Crippen molar-refractivity contribution in [2.75, 3.05) is 0 Å². The lowest BCUT2D eigenvalue weighted by molar-refractivity contribution is 0.474. The maximum atomic E-state index is 9.26. The van der Waals surface area contributed by atoms with Gasteiger partial charge in [-0.25, -0.2) is 0 Å². The van der Waals surface area contributed by atoms with Crippen LogP contribution in [0, 0.1) is 0 Å². The van der Waals surface area contributed by atoms with Crippen LogP contribution >= 0.6 is 0 Å². The van der Waals surface area contributed by atoms with Gasteiger partial charge in [0.15, 0.2) is 0 Å². The number of rotatable bonds is 3. The minimum Gasteiger partial charge on any atom is -0.508 e. The van der Waals surface area contributed by atoms with Crippen molar-refractivity contribution >= 4 is 0 Å². The van der Waals surface area contributed by atoms with Crippen molar-refractivity contribution < 1.29 is 5.11 Å². The molecular weight excluding hydrogens is 162 g/mol. The van der Waals surface area contributed by atoms with Crippen LogP contribution in [0.1, 0.15) is 24.1 Å². The maximum Gasteiger partial charge on any atom is 0.115 e. The molecule has 70 valence electrons. The lowest BCUT2D eigenvalue weighted by Crippen LogP contribution is -2.09. The van der Waals surface area contributed by atoms with Crippen LogP contribution in [0.5, 0.6) is 5.75 Å². The molecule has 0 saturated heterocycles. The van der Waals surface area contributed by atoms with Crippen LogP contribution < -0.4 is 5.73 Å². The van der Waals surface area contributed by atoms with Gasteiger partial charge in [-0.05, 0) is 29.7 Å². The molecule has 0 bridgehead atoms. The molecule has 2 heteroatoms. The zero-order chi connectivity index (χ0) is 9.84. The number of hydrogen-bond acceptors (Lipinski definition) is 2. The number of aromatic hydroxyl groups is 1. The highest BCUT2D eigenvalue weighted by atomic mass is 16.3. The van der Waals surface area contributed by atoms with E-state index in [0.717, 1.165) is 17.5 Å². The van der Waals surface area contributed by atoms with Crippen molar-refractivity contribution in [2.24, 2.45) is 5.73 Å². The fraction of sp³-hybridized carbons (Fsp3) is 0.273. The Kier molecular flexibility index (Phi) is 3.09. The monoisotopic (exact) mass is 177 g/mol. The predicted molar refractivity (Wildman–Crippen MR) is 54.6 cm³/mol. The van der Waals surface area contributed by atoms with Crippen LogP contribution in [-0.2, 0) is 6.42 Å². The molecule has 0 spiro atoms. The summed E-state index contributed by atoms with van der Waals surface area (Å²) >= 11 is 0. The van der Waals surface area contributed by atoms with Crippen molar-refractivity contribution in [3.63, 3.8) is 0 Å². The highest BCUT2D eigenvalue weighted by Crippen LogP contribution is 2.22. The van der Waals surface area contributed by atoms with Crippen LogP contribution in [0.15, 0.2) is 30.9 Å². The maximum absolute atomic E-state index is 9.26. The van der Waals surface area contributed by atoms with E-state index < -0.39 is 0 Å². The Morgan fingerprint density at radius 1 is 1.62 bits per heavy atom. The molecule has 1 aromatic carbocycles. The molecule has 1 rings (SSSR count). The Morgan fingerprint density at radius 3 is 2.85 bits per heavy atom. The molecule has 0 aliphatic carbocycles. The first-order chi connectivity index (χ1) is 6.19. The minimum atomic E-state index is -0.143. The highest BCUT2D eigenvalue weighted by molar-refractivity contribution is 5.38. The first kappa shape index (κ1) is 9.81. The summed E-state index contributed by atoms with van der Waals surface area (Å²) in [5, 5.41) is 9.26. The lowest BCUT2D eigenvalue weighted by atomic mass is 9.99. The quantitative estimate of drug-likeness (QED) is 0.695. The Labute approximate surface area is 78.7 Å². The highest BCUT2D eigenvalue weighted by Gasteiger charge is 2.06. The van der Waals surface area contributed by atoms with E-state index in [9.17, 15) is 5.11 Å². The summed E-state index contributed by atoms with van der Waals surface area (Å²) < 4.78 is 0. The van der Waals surface area contributed by atoms with Gasteiger partial charge in [-0.15, -0.1) is 6.58 Å². The summed E-state index contributed by atoms with van der Waals surface area (Å²) in [4.78, 5) is 0. The predicted octanol–water partition coefficient (Wildman–Crippen LogP) is 2.14. The molecule has 0 heterocycles. The Bertz CT molecular complexity index is 307. The number of benzene rings is 1. The normalized spacial score (nSPS) is 12.5. The van der Waals surface area contributed by atoms with Gasteiger partial charge in [-0.1, -0.05) is 19.1 Å². The average molecular weight is 177 g/mol. The van der Waals surface area contributed by atoms with Crippen molar-refractivity contribution in [3.8, 4) is 5.75 Å². The van der Waals surface area contributed by atoms with Crippen LogP contribution in [0.25, 0.3) is 0 Å². The summed E-state index contributed by atoms with van der Waals surface area (Å²) in [6.45, 7) is 5.68. The zero-order valence-corrected chi connectivity index (χ0v) is 7.83. The molecule has 0 fully saturated rings. The number of phenols is 1. The van der Waals surface area contributed by atoms with E-state index in [4.69, 9.17) is 5.73 Å². The van der Waals surface area contributed by atoms with Crippen LogP contribution in [0.3, 0.4) is 0 Å². The SMILES string of the molecule is C=C[C@@H](N)c1ccc(O)cc1CC. The van der Waals surface area contributed by atoms with E-state index in [-0.39, 0.29) is 11.8 Å². The smallest absolute Gasteiger partial charge is 0.115 e. The third-order valence-corrected chi connectivity index (χ3v) is 2.12. The Morgan fingerprint density at radius 2 is 2.31 bits per heavy atom. The minimum absolute atomic E-state index is 0.143. The molecule has 0 saturated carbocycles. The summed E-state index contributed by atoms with van der Waals surface area (Å²) in [6.07, 6.45) is 2.57. The first-order valence-electron chi connectivity index (χ1n) is 4.39. The van der Waals surface area contributed by atoms with Gasteiger partial charge in [-0.2, -0.15) is 0 Å². The van der Waals surface area contributed by atoms with Gasteiger partial charge in [-0.3, -0.25) is 0 Å². The number of aryl methyl sites for hydroxylation is 1. The number of hydrogen-bond donors (Lipinski definition) is 2. The second kappa shape index (κ2) is 4.10. The molecular formula is C11H15NO. The van der Waals surface area contributed by atoms with E-state index in [1.807, 2.05) is 13.0 Å². The van der Waals surface area contributed by atoms with Gasteiger partial charge in [0.1, 0.15) is 5.75 Å². The van der Waals surface area contributed by atoms with Crippen molar-refractivity contribution in [1.29, 1.82) is 0 Å². The van der Waals surface area contributed by atoms with Crippen molar-refractivity contribution in [2.45, 2.75) is 19.4 Å². The summed E-state index contributed by atoms with van der Waals surface area (Å²) in [6, 6.07) is 5.10. The molecule has 0 unspecified atom stereocenters. The average Bonchev–Trinajstić information content (AvgIpc) is 2.16. The second-order valence-electron chi connectivity index (χ2n) is 3.00. The van der Waals surface area contributed by atoms with Gasteiger partial charge in [0.2, 0.25) is 0 Å². The van der Waals surface area contributed by atoms with Gasteiger partial charge in [0.25, 0.3) is 0 Å². The fourth-order valence-electron chi connectivity index (χ4n) is 1.35.